The molecule has 0 heterocycles. The molecule has 3 saturated carbocycles. The predicted molar refractivity (Wildman–Crippen MR) is 123 cm³/mol. The van der Waals surface area contributed by atoms with Crippen molar-refractivity contribution in [3.63, 3.8) is 0 Å². The molecule has 162 valence electrons. The molecule has 0 aromatic carbocycles. The van der Waals surface area contributed by atoms with E-state index in [1.165, 1.54) is 37.7 Å². The highest BCUT2D eigenvalue weighted by atomic mass is 16.3. The molecule has 29 heavy (non-hydrogen) atoms. The van der Waals surface area contributed by atoms with E-state index in [0.717, 1.165) is 36.5 Å². The fourth-order valence-electron chi connectivity index (χ4n) is 7.59. The lowest BCUT2D eigenvalue weighted by atomic mass is 9.50. The van der Waals surface area contributed by atoms with Gasteiger partial charge in [-0.3, -0.25) is 0 Å². The molecule has 0 saturated heterocycles. The minimum Gasteiger partial charge on any atom is -0.393 e. The third-order valence-electron chi connectivity index (χ3n) is 10.0. The van der Waals surface area contributed by atoms with E-state index >= 15 is 0 Å². The van der Waals surface area contributed by atoms with E-state index < -0.39 is 0 Å². The molecule has 1 nitrogen and oxygen atoms in total. The van der Waals surface area contributed by atoms with Gasteiger partial charge in [0.15, 0.2) is 0 Å². The fraction of sp³-hybridized carbons (Fsp3) is 0.786. The first-order valence-electron chi connectivity index (χ1n) is 12.4. The number of allylic oxidation sites excluding steroid dienone is 5. The van der Waals surface area contributed by atoms with E-state index in [2.05, 4.69) is 65.8 Å². The second kappa shape index (κ2) is 7.70. The summed E-state index contributed by atoms with van der Waals surface area (Å²) in [5, 5.41) is 10.2. The largest absolute Gasteiger partial charge is 0.393 e. The van der Waals surface area contributed by atoms with Gasteiger partial charge in [0, 0.05) is 0 Å². The third-order valence-corrected chi connectivity index (χ3v) is 10.0. The normalized spacial score (nSPS) is 44.0. The Balaban J connectivity index is 1.57. The van der Waals surface area contributed by atoms with E-state index in [4.69, 9.17) is 0 Å². The SMILES string of the molecule is CC(C)[C@@H](C)/C=C/[C@H](C)[C@H]1CC[C@H]2C3=CC=C4C[C@@H](O)CC[C@]4(C)[C@@H]3CC[C@]12C. The highest BCUT2D eigenvalue weighted by Gasteiger charge is 2.56. The Labute approximate surface area is 179 Å². The number of rotatable bonds is 4. The van der Waals surface area contributed by atoms with Crippen molar-refractivity contribution in [1.29, 1.82) is 0 Å². The standard InChI is InChI=1S/C28H44O/c1-18(2)19(3)7-8-20(4)24-11-12-25-23-10-9-21-17-22(29)13-15-27(21,5)26(23)14-16-28(24,25)6/h7-10,18-20,22,24-26,29H,11-17H2,1-6H3/b8-7+/t19-,20-,22-,24+,25-,26+,27-,28+/m0/s1. The minimum atomic E-state index is -0.116. The monoisotopic (exact) mass is 396 g/mol. The lowest BCUT2D eigenvalue weighted by Gasteiger charge is -2.55. The first-order valence-corrected chi connectivity index (χ1v) is 12.4. The van der Waals surface area contributed by atoms with Gasteiger partial charge in [0.05, 0.1) is 6.10 Å². The molecule has 0 aromatic heterocycles. The maximum atomic E-state index is 10.2. The zero-order valence-corrected chi connectivity index (χ0v) is 19.7. The van der Waals surface area contributed by atoms with Crippen LogP contribution in [-0.4, -0.2) is 11.2 Å². The molecule has 0 spiro atoms. The smallest absolute Gasteiger partial charge is 0.0578 e. The van der Waals surface area contributed by atoms with Gasteiger partial charge in [0.25, 0.3) is 0 Å². The minimum absolute atomic E-state index is 0.116. The second-order valence-electron chi connectivity index (χ2n) is 11.9. The number of aliphatic hydroxyl groups excluding tert-OH is 1. The van der Waals surface area contributed by atoms with Gasteiger partial charge in [0.1, 0.15) is 0 Å². The van der Waals surface area contributed by atoms with Crippen LogP contribution >= 0.6 is 0 Å². The van der Waals surface area contributed by atoms with Gasteiger partial charge >= 0.3 is 0 Å². The second-order valence-corrected chi connectivity index (χ2v) is 11.9. The van der Waals surface area contributed by atoms with Crippen LogP contribution in [-0.2, 0) is 0 Å². The summed E-state index contributed by atoms with van der Waals surface area (Å²) in [5.41, 5.74) is 4.07. The van der Waals surface area contributed by atoms with Crippen LogP contribution in [0.25, 0.3) is 0 Å². The van der Waals surface area contributed by atoms with Crippen molar-refractivity contribution in [2.24, 2.45) is 46.3 Å². The van der Waals surface area contributed by atoms with Crippen LogP contribution in [0.15, 0.2) is 35.5 Å². The third kappa shape index (κ3) is 3.50. The van der Waals surface area contributed by atoms with Crippen LogP contribution in [0.1, 0.15) is 86.5 Å². The van der Waals surface area contributed by atoms with Gasteiger partial charge < -0.3 is 5.11 Å². The highest BCUT2D eigenvalue weighted by Crippen LogP contribution is 2.65. The summed E-state index contributed by atoms with van der Waals surface area (Å²) < 4.78 is 0. The van der Waals surface area contributed by atoms with Crippen molar-refractivity contribution in [3.8, 4) is 0 Å². The molecule has 3 fully saturated rings. The number of hydrogen-bond donors (Lipinski definition) is 1. The Kier molecular flexibility index (Phi) is 5.69. The van der Waals surface area contributed by atoms with Crippen molar-refractivity contribution in [2.75, 3.05) is 0 Å². The lowest BCUT2D eigenvalue weighted by molar-refractivity contribution is 0.0382. The Morgan fingerprint density at radius 1 is 0.931 bits per heavy atom. The molecule has 4 rings (SSSR count). The van der Waals surface area contributed by atoms with E-state index in [0.29, 0.717) is 22.7 Å². The maximum Gasteiger partial charge on any atom is 0.0578 e. The summed E-state index contributed by atoms with van der Waals surface area (Å²) in [6.45, 7) is 14.6. The average molecular weight is 397 g/mol. The van der Waals surface area contributed by atoms with Gasteiger partial charge in [-0.2, -0.15) is 0 Å². The van der Waals surface area contributed by atoms with Gasteiger partial charge in [-0.05, 0) is 91.3 Å². The van der Waals surface area contributed by atoms with Crippen molar-refractivity contribution >= 4 is 0 Å². The summed E-state index contributed by atoms with van der Waals surface area (Å²) in [7, 11) is 0. The van der Waals surface area contributed by atoms with Crippen molar-refractivity contribution in [3.05, 3.63) is 35.5 Å². The molecule has 0 aromatic rings. The molecule has 0 unspecified atom stereocenters. The van der Waals surface area contributed by atoms with Crippen LogP contribution in [0.5, 0.6) is 0 Å². The van der Waals surface area contributed by atoms with E-state index in [-0.39, 0.29) is 6.10 Å². The fourth-order valence-corrected chi connectivity index (χ4v) is 7.59. The summed E-state index contributed by atoms with van der Waals surface area (Å²) in [4.78, 5) is 0. The van der Waals surface area contributed by atoms with Crippen molar-refractivity contribution in [2.45, 2.75) is 92.6 Å². The van der Waals surface area contributed by atoms with Crippen molar-refractivity contribution in [1.82, 2.24) is 0 Å². The average Bonchev–Trinajstić information content (AvgIpc) is 3.03. The van der Waals surface area contributed by atoms with Crippen LogP contribution in [0, 0.1) is 46.3 Å². The summed E-state index contributed by atoms with van der Waals surface area (Å²) in [6, 6.07) is 0. The van der Waals surface area contributed by atoms with Gasteiger partial charge in [0.2, 0.25) is 0 Å². The summed E-state index contributed by atoms with van der Waals surface area (Å²) in [5.74, 6) is 4.38. The number of fused-ring (bicyclic) bond motifs is 5. The van der Waals surface area contributed by atoms with Crippen LogP contribution in [0.2, 0.25) is 0 Å². The van der Waals surface area contributed by atoms with Gasteiger partial charge in [-0.15, -0.1) is 0 Å². The molecular weight excluding hydrogens is 352 g/mol. The molecule has 0 amide bonds. The molecular formula is C28H44O. The zero-order chi connectivity index (χ0) is 21.0. The van der Waals surface area contributed by atoms with Crippen LogP contribution in [0.3, 0.4) is 0 Å². The van der Waals surface area contributed by atoms with Gasteiger partial charge in [-0.1, -0.05) is 77.0 Å². The predicted octanol–water partition coefficient (Wildman–Crippen LogP) is 7.33. The van der Waals surface area contributed by atoms with E-state index in [1.54, 1.807) is 5.57 Å². The molecule has 1 heteroatoms. The Hall–Kier alpha value is -0.820. The maximum absolute atomic E-state index is 10.2. The molecule has 4 aliphatic rings. The van der Waals surface area contributed by atoms with Crippen LogP contribution < -0.4 is 0 Å². The van der Waals surface area contributed by atoms with Gasteiger partial charge in [-0.25, -0.2) is 0 Å². The summed E-state index contributed by atoms with van der Waals surface area (Å²) in [6.07, 6.45) is 18.4. The van der Waals surface area contributed by atoms with Crippen molar-refractivity contribution < 1.29 is 5.11 Å². The highest BCUT2D eigenvalue weighted by molar-refractivity contribution is 5.39. The number of hydrogen-bond acceptors (Lipinski definition) is 1. The number of aliphatic hydroxyl groups is 1. The topological polar surface area (TPSA) is 20.2 Å². The molecule has 0 aliphatic heterocycles. The van der Waals surface area contributed by atoms with Crippen LogP contribution in [0.4, 0.5) is 0 Å². The van der Waals surface area contributed by atoms with E-state index in [1.807, 2.05) is 0 Å². The Bertz CT molecular complexity index is 712. The first-order chi connectivity index (χ1) is 13.7. The molecule has 0 radical (unpaired) electrons. The first kappa shape index (κ1) is 21.4. The molecule has 1 N–H and O–H groups in total. The Morgan fingerprint density at radius 3 is 2.41 bits per heavy atom. The molecule has 8 atom stereocenters. The summed E-state index contributed by atoms with van der Waals surface area (Å²) >= 11 is 0. The quantitative estimate of drug-likeness (QED) is 0.493. The molecule has 0 bridgehead atoms. The Morgan fingerprint density at radius 2 is 1.69 bits per heavy atom. The molecule has 4 aliphatic carbocycles. The lowest BCUT2D eigenvalue weighted by Crippen LogP contribution is -2.46. The zero-order valence-electron chi connectivity index (χ0n) is 19.7. The van der Waals surface area contributed by atoms with E-state index in [9.17, 15) is 5.11 Å².